The van der Waals surface area contributed by atoms with E-state index in [-0.39, 0.29) is 5.91 Å². The van der Waals surface area contributed by atoms with Crippen molar-refractivity contribution in [1.29, 1.82) is 0 Å². The molecule has 3 nitrogen and oxygen atoms in total. The number of carbonyl (C=O) groups is 1. The Morgan fingerprint density at radius 2 is 2.23 bits per heavy atom. The highest BCUT2D eigenvalue weighted by atomic mass is 35.5. The maximum Gasteiger partial charge on any atom is 0.243 e. The second-order valence-electron chi connectivity index (χ2n) is 3.00. The average Bonchev–Trinajstić information content (AvgIpc) is 2.12. The van der Waals surface area contributed by atoms with E-state index in [1.54, 1.807) is 12.1 Å². The lowest BCUT2D eigenvalue weighted by Crippen LogP contribution is -2.27. The fraction of sp³-hybridized carbons (Fsp3) is 0.222. The summed E-state index contributed by atoms with van der Waals surface area (Å²) in [7, 11) is 0. The van der Waals surface area contributed by atoms with Crippen molar-refractivity contribution in [2.24, 2.45) is 0 Å². The van der Waals surface area contributed by atoms with Crippen molar-refractivity contribution >= 4 is 28.9 Å². The lowest BCUT2D eigenvalue weighted by Gasteiger charge is -2.20. The van der Waals surface area contributed by atoms with Crippen molar-refractivity contribution in [2.75, 3.05) is 17.2 Å². The molecule has 1 heterocycles. The van der Waals surface area contributed by atoms with Crippen LogP contribution in [0.5, 0.6) is 0 Å². The molecule has 4 heteroatoms. The summed E-state index contributed by atoms with van der Waals surface area (Å²) in [6.07, 6.45) is 0. The molecule has 68 valence electrons. The van der Waals surface area contributed by atoms with E-state index < -0.39 is 0 Å². The molecule has 1 amide bonds. The number of anilines is 2. The number of rotatable bonds is 0. The standard InChI is InChI=1S/C9H9ClN2O/c1-5-6(10)2-3-7-9(5)11-4-8(13)12-7/h2-3,11H,4H2,1H3,(H,12,13). The van der Waals surface area contributed by atoms with Crippen molar-refractivity contribution in [2.45, 2.75) is 6.92 Å². The van der Waals surface area contributed by atoms with Gasteiger partial charge in [-0.25, -0.2) is 0 Å². The minimum absolute atomic E-state index is 0.0192. The molecule has 0 aromatic heterocycles. The van der Waals surface area contributed by atoms with E-state index in [2.05, 4.69) is 10.6 Å². The molecule has 13 heavy (non-hydrogen) atoms. The Balaban J connectivity index is 2.53. The van der Waals surface area contributed by atoms with Crippen LogP contribution in [0.3, 0.4) is 0 Å². The topological polar surface area (TPSA) is 41.1 Å². The van der Waals surface area contributed by atoms with Crippen molar-refractivity contribution in [3.63, 3.8) is 0 Å². The molecule has 1 aliphatic rings. The number of hydrogen-bond acceptors (Lipinski definition) is 2. The van der Waals surface area contributed by atoms with E-state index >= 15 is 0 Å². The highest BCUT2D eigenvalue weighted by molar-refractivity contribution is 6.32. The van der Waals surface area contributed by atoms with Gasteiger partial charge in [-0.2, -0.15) is 0 Å². The molecule has 0 bridgehead atoms. The second-order valence-corrected chi connectivity index (χ2v) is 3.40. The fourth-order valence-electron chi connectivity index (χ4n) is 1.38. The summed E-state index contributed by atoms with van der Waals surface area (Å²) >= 11 is 5.93. The zero-order valence-electron chi connectivity index (χ0n) is 7.15. The molecular formula is C9H9ClN2O. The lowest BCUT2D eigenvalue weighted by molar-refractivity contribution is -0.114. The Hall–Kier alpha value is -1.22. The van der Waals surface area contributed by atoms with Gasteiger partial charge in [-0.3, -0.25) is 4.79 Å². The minimum atomic E-state index is -0.0192. The van der Waals surface area contributed by atoms with E-state index in [9.17, 15) is 4.79 Å². The zero-order chi connectivity index (χ0) is 9.42. The molecular weight excluding hydrogens is 188 g/mol. The first-order valence-electron chi connectivity index (χ1n) is 4.01. The van der Waals surface area contributed by atoms with Crippen molar-refractivity contribution < 1.29 is 4.79 Å². The molecule has 0 spiro atoms. The number of hydrogen-bond donors (Lipinski definition) is 2. The van der Waals surface area contributed by atoms with E-state index in [4.69, 9.17) is 11.6 Å². The van der Waals surface area contributed by atoms with Crippen LogP contribution < -0.4 is 10.6 Å². The second kappa shape index (κ2) is 2.92. The Morgan fingerprint density at radius 1 is 1.46 bits per heavy atom. The molecule has 1 aromatic rings. The SMILES string of the molecule is Cc1c(Cl)ccc2c1NCC(=O)N2. The van der Waals surface area contributed by atoms with Crippen LogP contribution in [0.4, 0.5) is 11.4 Å². The van der Waals surface area contributed by atoms with Crippen LogP contribution in [0.2, 0.25) is 5.02 Å². The van der Waals surface area contributed by atoms with Gasteiger partial charge in [-0.05, 0) is 24.6 Å². The van der Waals surface area contributed by atoms with Crippen LogP contribution >= 0.6 is 11.6 Å². The first kappa shape index (κ1) is 8.38. The maximum absolute atomic E-state index is 11.0. The first-order chi connectivity index (χ1) is 6.18. The average molecular weight is 197 g/mol. The Bertz CT molecular complexity index is 376. The number of carbonyl (C=O) groups excluding carboxylic acids is 1. The van der Waals surface area contributed by atoms with Crippen LogP contribution in [-0.2, 0) is 4.79 Å². The quantitative estimate of drug-likeness (QED) is 0.667. The number of fused-ring (bicyclic) bond motifs is 1. The van der Waals surface area contributed by atoms with Crippen molar-refractivity contribution in [3.05, 3.63) is 22.7 Å². The van der Waals surface area contributed by atoms with E-state index in [0.717, 1.165) is 16.9 Å². The van der Waals surface area contributed by atoms with E-state index in [0.29, 0.717) is 11.6 Å². The summed E-state index contributed by atoms with van der Waals surface area (Å²) in [5.74, 6) is -0.0192. The molecule has 0 aliphatic carbocycles. The number of amides is 1. The highest BCUT2D eigenvalue weighted by Gasteiger charge is 2.16. The molecule has 0 fully saturated rings. The first-order valence-corrected chi connectivity index (χ1v) is 4.39. The minimum Gasteiger partial charge on any atom is -0.374 e. The summed E-state index contributed by atoms with van der Waals surface area (Å²) in [4.78, 5) is 11.0. The predicted molar refractivity (Wildman–Crippen MR) is 53.3 cm³/mol. The lowest BCUT2D eigenvalue weighted by atomic mass is 10.1. The summed E-state index contributed by atoms with van der Waals surface area (Å²) in [6.45, 7) is 2.24. The van der Waals surface area contributed by atoms with Gasteiger partial charge in [0.15, 0.2) is 0 Å². The number of nitrogens with one attached hydrogen (secondary N) is 2. The summed E-state index contributed by atoms with van der Waals surface area (Å²) in [5, 5.41) is 6.50. The highest BCUT2D eigenvalue weighted by Crippen LogP contribution is 2.32. The monoisotopic (exact) mass is 196 g/mol. The van der Waals surface area contributed by atoms with Gasteiger partial charge >= 0.3 is 0 Å². The molecule has 2 rings (SSSR count). The third-order valence-corrected chi connectivity index (χ3v) is 2.51. The smallest absolute Gasteiger partial charge is 0.243 e. The molecule has 0 unspecified atom stereocenters. The fourth-order valence-corrected chi connectivity index (χ4v) is 1.54. The van der Waals surface area contributed by atoms with Gasteiger partial charge in [0, 0.05) is 5.02 Å². The summed E-state index contributed by atoms with van der Waals surface area (Å²) in [6, 6.07) is 3.58. The Kier molecular flexibility index (Phi) is 1.88. The third kappa shape index (κ3) is 1.35. The van der Waals surface area contributed by atoms with Crippen molar-refractivity contribution in [1.82, 2.24) is 0 Å². The van der Waals surface area contributed by atoms with Gasteiger partial charge in [0.25, 0.3) is 0 Å². The molecule has 0 saturated heterocycles. The number of benzene rings is 1. The zero-order valence-corrected chi connectivity index (χ0v) is 7.90. The van der Waals surface area contributed by atoms with E-state index in [1.807, 2.05) is 6.92 Å². The molecule has 2 N–H and O–H groups in total. The van der Waals surface area contributed by atoms with Gasteiger partial charge in [-0.15, -0.1) is 0 Å². The molecule has 0 saturated carbocycles. The number of halogens is 1. The molecule has 1 aromatic carbocycles. The Labute approximate surface area is 81.1 Å². The molecule has 0 radical (unpaired) electrons. The van der Waals surface area contributed by atoms with Crippen molar-refractivity contribution in [3.8, 4) is 0 Å². The van der Waals surface area contributed by atoms with E-state index in [1.165, 1.54) is 0 Å². The van der Waals surface area contributed by atoms with Crippen LogP contribution in [-0.4, -0.2) is 12.5 Å². The van der Waals surface area contributed by atoms with Crippen LogP contribution in [0.1, 0.15) is 5.56 Å². The summed E-state index contributed by atoms with van der Waals surface area (Å²) < 4.78 is 0. The Morgan fingerprint density at radius 3 is 3.00 bits per heavy atom. The van der Waals surface area contributed by atoms with Gasteiger partial charge < -0.3 is 10.6 Å². The van der Waals surface area contributed by atoms with Crippen LogP contribution in [0.15, 0.2) is 12.1 Å². The van der Waals surface area contributed by atoms with Crippen LogP contribution in [0.25, 0.3) is 0 Å². The predicted octanol–water partition coefficient (Wildman–Crippen LogP) is 2.01. The van der Waals surface area contributed by atoms with Gasteiger partial charge in [0.1, 0.15) is 0 Å². The normalized spacial score (nSPS) is 14.5. The van der Waals surface area contributed by atoms with Gasteiger partial charge in [-0.1, -0.05) is 11.6 Å². The third-order valence-electron chi connectivity index (χ3n) is 2.10. The van der Waals surface area contributed by atoms with Gasteiger partial charge in [0.2, 0.25) is 5.91 Å². The molecule has 1 aliphatic heterocycles. The van der Waals surface area contributed by atoms with Crippen LogP contribution in [0, 0.1) is 6.92 Å². The summed E-state index contributed by atoms with van der Waals surface area (Å²) in [5.41, 5.74) is 2.70. The largest absolute Gasteiger partial charge is 0.374 e. The molecule has 0 atom stereocenters. The van der Waals surface area contributed by atoms with Gasteiger partial charge in [0.05, 0.1) is 17.9 Å². The maximum atomic E-state index is 11.0.